The van der Waals surface area contributed by atoms with Crippen LogP contribution in [0.1, 0.15) is 42.0 Å². The van der Waals surface area contributed by atoms with Gasteiger partial charge in [-0.1, -0.05) is 53.1 Å². The van der Waals surface area contributed by atoms with Crippen LogP contribution in [-0.2, 0) is 15.1 Å². The molecule has 1 N–H and O–H groups in total. The van der Waals surface area contributed by atoms with Gasteiger partial charge in [0.15, 0.2) is 5.78 Å². The van der Waals surface area contributed by atoms with Crippen LogP contribution in [0.5, 0.6) is 0 Å². The summed E-state index contributed by atoms with van der Waals surface area (Å²) < 4.78 is 0. The van der Waals surface area contributed by atoms with Crippen molar-refractivity contribution in [2.24, 2.45) is 5.92 Å². The summed E-state index contributed by atoms with van der Waals surface area (Å²) >= 11 is 0. The Bertz CT molecular complexity index is 1020. The Morgan fingerprint density at radius 2 is 1.76 bits per heavy atom. The highest BCUT2D eigenvalue weighted by Gasteiger charge is 2.63. The molecule has 150 valence electrons. The maximum Gasteiger partial charge on any atom is 0.250 e. The molecule has 2 aromatic rings. The maximum atomic E-state index is 13.6. The van der Waals surface area contributed by atoms with Crippen molar-refractivity contribution in [2.45, 2.75) is 39.2 Å². The van der Waals surface area contributed by atoms with Gasteiger partial charge in [0.05, 0.1) is 5.92 Å². The van der Waals surface area contributed by atoms with Gasteiger partial charge in [0.2, 0.25) is 5.91 Å². The summed E-state index contributed by atoms with van der Waals surface area (Å²) in [7, 11) is 1.97. The quantitative estimate of drug-likeness (QED) is 0.796. The van der Waals surface area contributed by atoms with Crippen LogP contribution in [0.25, 0.3) is 0 Å². The first kappa shape index (κ1) is 19.6. The van der Waals surface area contributed by atoms with Gasteiger partial charge in [-0.25, -0.2) is 0 Å². The van der Waals surface area contributed by atoms with Gasteiger partial charge in [-0.15, -0.1) is 0 Å². The third-order valence-corrected chi connectivity index (χ3v) is 6.35. The van der Waals surface area contributed by atoms with Crippen LogP contribution in [0.2, 0.25) is 0 Å². The highest BCUT2D eigenvalue weighted by molar-refractivity contribution is 6.11. The predicted octanol–water partition coefficient (Wildman–Crippen LogP) is 4.33. The van der Waals surface area contributed by atoms with Gasteiger partial charge in [0, 0.05) is 23.7 Å². The van der Waals surface area contributed by atoms with Gasteiger partial charge in [0.1, 0.15) is 5.54 Å². The zero-order valence-electron chi connectivity index (χ0n) is 17.7. The number of likely N-dealkylation sites (N-methyl/N-ethyl adjacent to an activating group) is 1. The number of likely N-dealkylation sites (tertiary alicyclic amines) is 1. The summed E-state index contributed by atoms with van der Waals surface area (Å²) in [6, 6.07) is 14.4. The highest BCUT2D eigenvalue weighted by atomic mass is 16.2. The molecule has 0 aliphatic carbocycles. The van der Waals surface area contributed by atoms with E-state index < -0.39 is 11.5 Å². The number of anilines is 1. The molecule has 0 unspecified atom stereocenters. The first-order valence-corrected chi connectivity index (χ1v) is 10.1. The molecular weight excluding hydrogens is 360 g/mol. The Morgan fingerprint density at radius 1 is 1.10 bits per heavy atom. The summed E-state index contributed by atoms with van der Waals surface area (Å²) in [5.74, 6) is -0.616. The van der Waals surface area contributed by atoms with Crippen LogP contribution in [0.4, 0.5) is 5.69 Å². The summed E-state index contributed by atoms with van der Waals surface area (Å²) in [5, 5.41) is 3.05. The fourth-order valence-corrected chi connectivity index (χ4v) is 5.07. The lowest BCUT2D eigenvalue weighted by Crippen LogP contribution is -2.51. The van der Waals surface area contributed by atoms with E-state index in [1.54, 1.807) is 6.08 Å². The molecule has 0 radical (unpaired) electrons. The molecule has 2 aliphatic rings. The number of hydrogen-bond acceptors (Lipinski definition) is 3. The lowest BCUT2D eigenvalue weighted by atomic mass is 9.71. The third kappa shape index (κ3) is 2.94. The van der Waals surface area contributed by atoms with Crippen molar-refractivity contribution < 1.29 is 9.59 Å². The van der Waals surface area contributed by atoms with Crippen LogP contribution in [-0.4, -0.2) is 30.2 Å². The van der Waals surface area contributed by atoms with Gasteiger partial charge in [-0.05, 0) is 52.4 Å². The molecule has 1 saturated heterocycles. The van der Waals surface area contributed by atoms with E-state index in [1.807, 2.05) is 40.0 Å². The number of nitrogens with zero attached hydrogens (tertiary/aromatic N) is 1. The normalized spacial score (nSPS) is 25.8. The summed E-state index contributed by atoms with van der Waals surface area (Å²) in [6.45, 7) is 8.59. The molecule has 2 heterocycles. The van der Waals surface area contributed by atoms with Crippen LogP contribution >= 0.6 is 0 Å². The van der Waals surface area contributed by atoms with Crippen molar-refractivity contribution in [1.82, 2.24) is 4.90 Å². The Balaban J connectivity index is 1.94. The smallest absolute Gasteiger partial charge is 0.250 e. The minimum atomic E-state index is -0.986. The summed E-state index contributed by atoms with van der Waals surface area (Å²) in [5.41, 5.74) is 5.06. The predicted molar refractivity (Wildman–Crippen MR) is 116 cm³/mol. The summed E-state index contributed by atoms with van der Waals surface area (Å²) in [4.78, 5) is 29.1. The van der Waals surface area contributed by atoms with Crippen molar-refractivity contribution in [1.29, 1.82) is 0 Å². The van der Waals surface area contributed by atoms with Crippen molar-refractivity contribution in [3.8, 4) is 0 Å². The number of amides is 1. The molecular formula is C25H28N2O2. The van der Waals surface area contributed by atoms with Gasteiger partial charge in [-0.2, -0.15) is 0 Å². The monoisotopic (exact) mass is 388 g/mol. The Hall–Kier alpha value is -2.72. The van der Waals surface area contributed by atoms with Crippen LogP contribution < -0.4 is 5.32 Å². The lowest BCUT2D eigenvalue weighted by Gasteiger charge is -2.35. The zero-order valence-corrected chi connectivity index (χ0v) is 17.7. The van der Waals surface area contributed by atoms with E-state index in [0.29, 0.717) is 6.54 Å². The number of hydrogen-bond donors (Lipinski definition) is 1. The van der Waals surface area contributed by atoms with E-state index in [2.05, 4.69) is 47.5 Å². The maximum absolute atomic E-state index is 13.6. The number of benzene rings is 2. The second-order valence-electron chi connectivity index (χ2n) is 8.77. The number of aryl methyl sites for hydroxylation is 2. The Labute approximate surface area is 172 Å². The number of fused-ring (bicyclic) bond motifs is 2. The van der Waals surface area contributed by atoms with E-state index in [9.17, 15) is 9.59 Å². The van der Waals surface area contributed by atoms with E-state index in [0.717, 1.165) is 28.0 Å². The van der Waals surface area contributed by atoms with E-state index >= 15 is 0 Å². The number of rotatable bonds is 3. The average Bonchev–Trinajstić information content (AvgIpc) is 3.11. The van der Waals surface area contributed by atoms with Gasteiger partial charge in [-0.3, -0.25) is 14.5 Å². The minimum absolute atomic E-state index is 0.0180. The molecule has 3 atom stereocenters. The van der Waals surface area contributed by atoms with Crippen molar-refractivity contribution in [3.63, 3.8) is 0 Å². The van der Waals surface area contributed by atoms with Gasteiger partial charge < -0.3 is 5.32 Å². The fourth-order valence-electron chi connectivity index (χ4n) is 5.07. The molecule has 0 aromatic heterocycles. The molecule has 4 nitrogen and oxygen atoms in total. The van der Waals surface area contributed by atoms with Crippen molar-refractivity contribution in [3.05, 3.63) is 76.4 Å². The topological polar surface area (TPSA) is 49.4 Å². The van der Waals surface area contributed by atoms with Gasteiger partial charge in [0.25, 0.3) is 0 Å². The average molecular weight is 389 g/mol. The number of carbonyl (C=O) groups excluding carboxylic acids is 2. The highest BCUT2D eigenvalue weighted by Crippen LogP contribution is 2.55. The Kier molecular flexibility index (Phi) is 4.70. The summed E-state index contributed by atoms with van der Waals surface area (Å²) in [6.07, 6.45) is 1.70. The molecule has 4 rings (SSSR count). The number of carbonyl (C=O) groups is 2. The molecule has 0 saturated carbocycles. The molecule has 4 heteroatoms. The van der Waals surface area contributed by atoms with Gasteiger partial charge >= 0.3 is 0 Å². The molecule has 29 heavy (non-hydrogen) atoms. The van der Waals surface area contributed by atoms with Crippen molar-refractivity contribution in [2.75, 3.05) is 18.9 Å². The SMILES string of the molecule is CC(C)=CC(=O)[C@@H]1[C@@H](c2ccc(C)cc2)CN(C)[C@@]12C(=O)Nc1ccc(C)cc12. The zero-order chi connectivity index (χ0) is 20.9. The molecule has 1 spiro atoms. The van der Waals surface area contributed by atoms with Crippen LogP contribution in [0.3, 0.4) is 0 Å². The van der Waals surface area contributed by atoms with Crippen LogP contribution in [0.15, 0.2) is 54.1 Å². The lowest BCUT2D eigenvalue weighted by molar-refractivity contribution is -0.133. The fraction of sp³-hybridized carbons (Fsp3) is 0.360. The molecule has 1 amide bonds. The largest absolute Gasteiger partial charge is 0.324 e. The molecule has 1 fully saturated rings. The Morgan fingerprint density at radius 3 is 2.41 bits per heavy atom. The number of allylic oxidation sites excluding steroid dienone is 2. The van der Waals surface area contributed by atoms with Crippen LogP contribution in [0, 0.1) is 19.8 Å². The first-order chi connectivity index (χ1) is 13.7. The number of nitrogens with one attached hydrogen (secondary N) is 1. The molecule has 2 aromatic carbocycles. The van der Waals surface area contributed by atoms with E-state index in [1.165, 1.54) is 5.56 Å². The minimum Gasteiger partial charge on any atom is -0.324 e. The van der Waals surface area contributed by atoms with E-state index in [-0.39, 0.29) is 17.6 Å². The third-order valence-electron chi connectivity index (χ3n) is 6.35. The molecule has 0 bridgehead atoms. The second kappa shape index (κ2) is 6.96. The van der Waals surface area contributed by atoms with E-state index in [4.69, 9.17) is 0 Å². The van der Waals surface area contributed by atoms with Crippen molar-refractivity contribution >= 4 is 17.4 Å². The first-order valence-electron chi connectivity index (χ1n) is 10.1. The molecule has 2 aliphatic heterocycles. The number of ketones is 1. The standard InChI is InChI=1S/C25H28N2O2/c1-15(2)12-22(28)23-19(18-9-6-16(3)7-10-18)14-27(5)25(23)20-13-17(4)8-11-21(20)26-24(25)29/h6-13,19,23H,14H2,1-5H3,(H,26,29)/t19-,23+,25-/m1/s1. The second-order valence-corrected chi connectivity index (χ2v) is 8.77.